The molecule has 2 N–H and O–H groups in total. The van der Waals surface area contributed by atoms with E-state index in [2.05, 4.69) is 25.2 Å². The Morgan fingerprint density at radius 3 is 2.42 bits per heavy atom. The molecule has 13 nitrogen and oxygen atoms in total. The first-order valence-electron chi connectivity index (χ1n) is 17.3. The van der Waals surface area contributed by atoms with Crippen molar-refractivity contribution in [2.45, 2.75) is 43.7 Å². The molecule has 8 rings (SSSR count). The van der Waals surface area contributed by atoms with E-state index in [-0.39, 0.29) is 45.0 Å². The zero-order valence-electron chi connectivity index (χ0n) is 30.4. The maximum absolute atomic E-state index is 16.0. The van der Waals surface area contributed by atoms with Crippen molar-refractivity contribution in [3.63, 3.8) is 0 Å². The van der Waals surface area contributed by atoms with Crippen molar-refractivity contribution in [3.05, 3.63) is 103 Å². The fraction of sp³-hybridized carbons (Fsp3) is 0.306. The molecule has 0 spiro atoms. The highest BCUT2D eigenvalue weighted by molar-refractivity contribution is 7.92. The second-order valence-corrected chi connectivity index (χ2v) is 16.3. The minimum absolute atomic E-state index is 0.0548. The quantitative estimate of drug-likeness (QED) is 0.144. The first-order chi connectivity index (χ1) is 27.7. The number of nitrogens with one attached hydrogen (secondary N) is 2. The monoisotopic (exact) mass is 870 g/mol. The second kappa shape index (κ2) is 13.9. The van der Waals surface area contributed by atoms with E-state index in [4.69, 9.17) is 16.3 Å². The Morgan fingerprint density at radius 1 is 1.08 bits per heavy atom. The predicted molar refractivity (Wildman–Crippen MR) is 194 cm³/mol. The van der Waals surface area contributed by atoms with Crippen LogP contribution in [0.4, 0.5) is 40.9 Å². The summed E-state index contributed by atoms with van der Waals surface area (Å²) >= 11 is 6.51. The number of hydrogen-bond acceptors (Lipinski definition) is 8. The van der Waals surface area contributed by atoms with Gasteiger partial charge >= 0.3 is 0 Å². The summed E-state index contributed by atoms with van der Waals surface area (Å²) in [6.45, 7) is -1.10. The molecule has 2 aliphatic carbocycles. The smallest absolute Gasteiger partial charge is 0.293 e. The summed E-state index contributed by atoms with van der Waals surface area (Å²) in [6, 6.07) is 3.57. The molecule has 23 heteroatoms. The van der Waals surface area contributed by atoms with Gasteiger partial charge in [-0.15, -0.1) is 0 Å². The van der Waals surface area contributed by atoms with Crippen molar-refractivity contribution in [3.8, 4) is 11.4 Å². The lowest BCUT2D eigenvalue weighted by molar-refractivity contribution is -0.123. The average molecular weight is 871 g/mol. The third kappa shape index (κ3) is 6.70. The topological polar surface area (TPSA) is 155 Å². The normalized spacial score (nSPS) is 17.4. The highest BCUT2D eigenvalue weighted by atomic mass is 35.5. The summed E-state index contributed by atoms with van der Waals surface area (Å²) in [7, 11) is -1.71. The molecule has 0 aliphatic heterocycles. The van der Waals surface area contributed by atoms with Crippen LogP contribution in [0.1, 0.15) is 53.1 Å². The van der Waals surface area contributed by atoms with Gasteiger partial charge in [-0.25, -0.2) is 39.7 Å². The zero-order chi connectivity index (χ0) is 42.6. The van der Waals surface area contributed by atoms with E-state index in [1.54, 1.807) is 0 Å². The predicted octanol–water partition coefficient (Wildman–Crippen LogP) is 6.31. The van der Waals surface area contributed by atoms with E-state index >= 15 is 17.6 Å². The van der Waals surface area contributed by atoms with E-state index in [1.165, 1.54) is 19.2 Å². The number of ether oxygens (including phenoxy) is 1. The van der Waals surface area contributed by atoms with E-state index in [0.717, 1.165) is 34.7 Å². The fourth-order valence-electron chi connectivity index (χ4n) is 7.82. The molecular weight excluding hydrogens is 844 g/mol. The van der Waals surface area contributed by atoms with Gasteiger partial charge in [-0.1, -0.05) is 11.6 Å². The molecule has 1 amide bonds. The standard InChI is InChI=1S/C36H27ClF8N8O5S/c1-51-29-22(5-4-19(37)25(29)33(49-51)50-59(3,56)57)53-34(47-27-17(35(53)55)11-20(40)30(58-2)26(27)41)21(8-13-6-14(38)9-15(39)7-13)46-23(54)12-52-31-24(28(48-52)32(42)43)16-10-18(16)36(31,44)45/h4-7,9,11,16,18,21,32H,8,10,12H2,1-3H3,(H,46,54)(H,49,50)/t16-,18+,21?/m0/s1. The minimum Gasteiger partial charge on any atom is -0.491 e. The van der Waals surface area contributed by atoms with Crippen LogP contribution in [0.5, 0.6) is 5.75 Å². The third-order valence-electron chi connectivity index (χ3n) is 10.2. The van der Waals surface area contributed by atoms with Crippen LogP contribution in [0.3, 0.4) is 0 Å². The summed E-state index contributed by atoms with van der Waals surface area (Å²) < 4.78 is 153. The number of sulfonamides is 1. The number of hydrogen-bond donors (Lipinski definition) is 2. The number of alkyl halides is 4. The number of benzene rings is 3. The number of nitrogens with zero attached hydrogens (tertiary/aromatic N) is 6. The van der Waals surface area contributed by atoms with Gasteiger partial charge in [-0.05, 0) is 48.2 Å². The SMILES string of the molecule is COc1c(F)cc2c(=O)n(-c3ccc(Cl)c4c(NS(C)(=O)=O)nn(C)c34)c(C(Cc3cc(F)cc(F)c3)NC(=O)Cn3nc(C(F)F)c4c3C(F)(F)[C@@H]3C[C@H]43)nc2c1F. The molecule has 310 valence electrons. The third-order valence-corrected chi connectivity index (χ3v) is 11.0. The Hall–Kier alpha value is -5.77. The Kier molecular flexibility index (Phi) is 9.44. The molecule has 2 aliphatic rings. The summed E-state index contributed by atoms with van der Waals surface area (Å²) in [5, 5.41) is 9.45. The van der Waals surface area contributed by atoms with Gasteiger partial charge in [-0.2, -0.15) is 19.0 Å². The number of fused-ring (bicyclic) bond motifs is 5. The van der Waals surface area contributed by atoms with E-state index < -0.39 is 122 Å². The lowest BCUT2D eigenvalue weighted by Gasteiger charge is -2.24. The number of anilines is 1. The number of methoxy groups -OCH3 is 1. The number of amides is 1. The van der Waals surface area contributed by atoms with Gasteiger partial charge in [0.1, 0.15) is 40.9 Å². The summed E-state index contributed by atoms with van der Waals surface area (Å²) in [5.41, 5.74) is -4.63. The van der Waals surface area contributed by atoms with Crippen molar-refractivity contribution in [1.82, 2.24) is 34.4 Å². The Labute approximate surface area is 331 Å². The minimum atomic E-state index is -3.99. The first kappa shape index (κ1) is 40.0. The Morgan fingerprint density at radius 2 is 1.78 bits per heavy atom. The van der Waals surface area contributed by atoms with Crippen molar-refractivity contribution >= 4 is 55.2 Å². The molecule has 3 aromatic carbocycles. The molecule has 1 saturated carbocycles. The lowest BCUT2D eigenvalue weighted by atomic mass is 10.0. The van der Waals surface area contributed by atoms with Crippen LogP contribution in [0, 0.1) is 29.2 Å². The van der Waals surface area contributed by atoms with Gasteiger partial charge in [-0.3, -0.25) is 28.2 Å². The number of rotatable bonds is 11. The zero-order valence-corrected chi connectivity index (χ0v) is 32.0. The van der Waals surface area contributed by atoms with E-state index in [9.17, 15) is 35.6 Å². The van der Waals surface area contributed by atoms with Crippen LogP contribution in [0.25, 0.3) is 27.5 Å². The number of carbonyl (C=O) groups excluding carboxylic acids is 1. The largest absolute Gasteiger partial charge is 0.491 e. The molecule has 1 fully saturated rings. The summed E-state index contributed by atoms with van der Waals surface area (Å²) in [4.78, 5) is 32.9. The number of aryl methyl sites for hydroxylation is 1. The number of halogens is 9. The van der Waals surface area contributed by atoms with Crippen LogP contribution in [-0.2, 0) is 40.8 Å². The fourth-order valence-corrected chi connectivity index (χ4v) is 8.55. The first-order valence-corrected chi connectivity index (χ1v) is 19.6. The van der Waals surface area contributed by atoms with Gasteiger partial charge in [0, 0.05) is 31.0 Å². The van der Waals surface area contributed by atoms with Crippen LogP contribution in [-0.4, -0.2) is 56.8 Å². The Bertz CT molecular complexity index is 2940. The van der Waals surface area contributed by atoms with Crippen LogP contribution >= 0.6 is 11.6 Å². The summed E-state index contributed by atoms with van der Waals surface area (Å²) in [5.74, 6) is -13.8. The Balaban J connectivity index is 1.36. The van der Waals surface area contributed by atoms with Crippen molar-refractivity contribution in [2.24, 2.45) is 13.0 Å². The van der Waals surface area contributed by atoms with Crippen LogP contribution in [0.2, 0.25) is 5.02 Å². The van der Waals surface area contributed by atoms with E-state index in [0.29, 0.717) is 16.8 Å². The highest BCUT2D eigenvalue weighted by Crippen LogP contribution is 2.68. The van der Waals surface area contributed by atoms with Crippen molar-refractivity contribution in [1.29, 1.82) is 0 Å². The molecule has 0 saturated heterocycles. The molecule has 59 heavy (non-hydrogen) atoms. The molecule has 0 radical (unpaired) electrons. The molecule has 3 atom stereocenters. The van der Waals surface area contributed by atoms with Crippen molar-refractivity contribution in [2.75, 3.05) is 18.1 Å². The second-order valence-electron chi connectivity index (χ2n) is 14.1. The molecular formula is C36H27ClF8N8O5S. The van der Waals surface area contributed by atoms with Gasteiger partial charge in [0.2, 0.25) is 15.9 Å². The van der Waals surface area contributed by atoms with Gasteiger partial charge in [0.15, 0.2) is 23.2 Å². The summed E-state index contributed by atoms with van der Waals surface area (Å²) in [6.07, 6.45) is -3.14. The van der Waals surface area contributed by atoms with Gasteiger partial charge < -0.3 is 10.1 Å². The molecule has 0 bridgehead atoms. The lowest BCUT2D eigenvalue weighted by Crippen LogP contribution is -2.38. The van der Waals surface area contributed by atoms with Crippen LogP contribution < -0.4 is 20.3 Å². The molecule has 6 aromatic rings. The maximum atomic E-state index is 16.0. The maximum Gasteiger partial charge on any atom is 0.293 e. The number of aromatic nitrogens is 6. The average Bonchev–Trinajstić information content (AvgIpc) is 3.67. The molecule has 3 aromatic heterocycles. The number of carbonyl (C=O) groups is 1. The van der Waals surface area contributed by atoms with E-state index in [1.807, 2.05) is 0 Å². The highest BCUT2D eigenvalue weighted by Gasteiger charge is 2.67. The van der Waals surface area contributed by atoms with Crippen molar-refractivity contribution < 1.29 is 53.1 Å². The van der Waals surface area contributed by atoms with Gasteiger partial charge in [0.05, 0.1) is 46.4 Å². The van der Waals surface area contributed by atoms with Gasteiger partial charge in [0.25, 0.3) is 17.9 Å². The molecule has 1 unspecified atom stereocenters. The molecule has 3 heterocycles. The van der Waals surface area contributed by atoms with Crippen LogP contribution in [0.15, 0.2) is 41.2 Å².